The van der Waals surface area contributed by atoms with Crippen LogP contribution in [0.5, 0.6) is 0 Å². The minimum atomic E-state index is -0.234. The van der Waals surface area contributed by atoms with Crippen LogP contribution in [0.4, 0.5) is 22.2 Å². The molecule has 0 bridgehead atoms. The van der Waals surface area contributed by atoms with Gasteiger partial charge in [-0.25, -0.2) is 4.39 Å². The van der Waals surface area contributed by atoms with Gasteiger partial charge in [0.05, 0.1) is 0 Å². The van der Waals surface area contributed by atoms with Crippen LogP contribution in [0.25, 0.3) is 0 Å². The van der Waals surface area contributed by atoms with Gasteiger partial charge in [0.2, 0.25) is 17.8 Å². The van der Waals surface area contributed by atoms with Crippen LogP contribution in [0, 0.1) is 5.82 Å². The number of nitrogen functional groups attached to an aromatic ring is 1. The van der Waals surface area contributed by atoms with E-state index in [0.29, 0.717) is 24.9 Å². The molecule has 6 nitrogen and oxygen atoms in total. The zero-order valence-electron chi connectivity index (χ0n) is 11.5. The molecule has 1 aromatic heterocycles. The van der Waals surface area contributed by atoms with Gasteiger partial charge in [-0.05, 0) is 24.1 Å². The minimum absolute atomic E-state index is 0.164. The molecule has 1 aromatic carbocycles. The Labute approximate surface area is 116 Å². The first-order chi connectivity index (χ1) is 9.54. The van der Waals surface area contributed by atoms with Crippen molar-refractivity contribution in [2.45, 2.75) is 6.42 Å². The molecule has 1 heterocycles. The number of benzene rings is 1. The predicted molar refractivity (Wildman–Crippen MR) is 77.2 cm³/mol. The number of hydrogen-bond donors (Lipinski definition) is 2. The zero-order valence-corrected chi connectivity index (χ0v) is 11.5. The van der Waals surface area contributed by atoms with Crippen LogP contribution in [0.1, 0.15) is 5.56 Å². The van der Waals surface area contributed by atoms with Crippen molar-refractivity contribution in [3.05, 3.63) is 35.6 Å². The third-order valence-corrected chi connectivity index (χ3v) is 2.63. The van der Waals surface area contributed by atoms with Gasteiger partial charge in [0.15, 0.2) is 0 Å². The van der Waals surface area contributed by atoms with Gasteiger partial charge in [0, 0.05) is 20.6 Å². The van der Waals surface area contributed by atoms with Crippen LogP contribution in [0.15, 0.2) is 24.3 Å². The Kier molecular flexibility index (Phi) is 4.29. The Hall–Kier alpha value is -2.44. The summed E-state index contributed by atoms with van der Waals surface area (Å²) >= 11 is 0. The molecule has 2 rings (SSSR count). The molecule has 20 heavy (non-hydrogen) atoms. The molecule has 0 aliphatic heterocycles. The number of anilines is 3. The minimum Gasteiger partial charge on any atom is -0.368 e. The Morgan fingerprint density at radius 2 is 2.05 bits per heavy atom. The van der Waals surface area contributed by atoms with Crippen molar-refractivity contribution < 1.29 is 4.39 Å². The third-order valence-electron chi connectivity index (χ3n) is 2.63. The van der Waals surface area contributed by atoms with Gasteiger partial charge in [-0.3, -0.25) is 0 Å². The van der Waals surface area contributed by atoms with Crippen LogP contribution in [0.3, 0.4) is 0 Å². The Morgan fingerprint density at radius 3 is 2.75 bits per heavy atom. The van der Waals surface area contributed by atoms with E-state index in [4.69, 9.17) is 5.73 Å². The molecule has 0 aliphatic rings. The van der Waals surface area contributed by atoms with Crippen molar-refractivity contribution in [1.82, 2.24) is 15.0 Å². The summed E-state index contributed by atoms with van der Waals surface area (Å²) in [5, 5.41) is 3.06. The number of nitrogens with zero attached hydrogens (tertiary/aromatic N) is 4. The number of nitrogens with one attached hydrogen (secondary N) is 1. The molecule has 7 heteroatoms. The van der Waals surface area contributed by atoms with E-state index in [0.717, 1.165) is 5.56 Å². The Morgan fingerprint density at radius 1 is 1.25 bits per heavy atom. The number of hydrogen-bond acceptors (Lipinski definition) is 6. The van der Waals surface area contributed by atoms with Crippen molar-refractivity contribution in [2.24, 2.45) is 0 Å². The highest BCUT2D eigenvalue weighted by atomic mass is 19.1. The molecule has 0 saturated carbocycles. The molecule has 0 fully saturated rings. The van der Waals surface area contributed by atoms with Crippen molar-refractivity contribution >= 4 is 17.8 Å². The SMILES string of the molecule is CN(C)c1nc(N)nc(NCCc2cccc(F)c2)n1. The first kappa shape index (κ1) is 14.0. The average molecular weight is 276 g/mol. The van der Waals surface area contributed by atoms with Gasteiger partial charge in [-0.2, -0.15) is 15.0 Å². The summed E-state index contributed by atoms with van der Waals surface area (Å²) in [5.74, 6) is 0.835. The quantitative estimate of drug-likeness (QED) is 0.857. The molecule has 3 N–H and O–H groups in total. The number of halogens is 1. The van der Waals surface area contributed by atoms with Crippen molar-refractivity contribution in [3.8, 4) is 0 Å². The zero-order chi connectivity index (χ0) is 14.5. The second-order valence-electron chi connectivity index (χ2n) is 4.52. The lowest BCUT2D eigenvalue weighted by atomic mass is 10.1. The number of nitrogens with two attached hydrogens (primary N) is 1. The summed E-state index contributed by atoms with van der Waals surface area (Å²) in [6, 6.07) is 6.50. The van der Waals surface area contributed by atoms with E-state index in [1.54, 1.807) is 11.0 Å². The van der Waals surface area contributed by atoms with Crippen LogP contribution in [-0.4, -0.2) is 35.6 Å². The molecule has 106 valence electrons. The van der Waals surface area contributed by atoms with E-state index in [9.17, 15) is 4.39 Å². The van der Waals surface area contributed by atoms with Crippen molar-refractivity contribution in [2.75, 3.05) is 36.6 Å². The molecular formula is C13H17FN6. The topological polar surface area (TPSA) is 80.0 Å². The van der Waals surface area contributed by atoms with Crippen LogP contribution in [0.2, 0.25) is 0 Å². The fourth-order valence-corrected chi connectivity index (χ4v) is 1.67. The van der Waals surface area contributed by atoms with E-state index in [2.05, 4.69) is 20.3 Å². The summed E-state index contributed by atoms with van der Waals surface area (Å²) in [7, 11) is 3.65. The summed E-state index contributed by atoms with van der Waals surface area (Å²) in [5.41, 5.74) is 6.53. The fourth-order valence-electron chi connectivity index (χ4n) is 1.67. The van der Waals surface area contributed by atoms with E-state index in [1.165, 1.54) is 12.1 Å². The largest absolute Gasteiger partial charge is 0.368 e. The van der Waals surface area contributed by atoms with Gasteiger partial charge in [0.25, 0.3) is 0 Å². The maximum absolute atomic E-state index is 13.0. The molecule has 0 saturated heterocycles. The first-order valence-electron chi connectivity index (χ1n) is 6.22. The fraction of sp³-hybridized carbons (Fsp3) is 0.308. The molecule has 0 atom stereocenters. The van der Waals surface area contributed by atoms with Crippen molar-refractivity contribution in [3.63, 3.8) is 0 Å². The first-order valence-corrected chi connectivity index (χ1v) is 6.22. The molecule has 0 aliphatic carbocycles. The lowest BCUT2D eigenvalue weighted by Gasteiger charge is -2.12. The second kappa shape index (κ2) is 6.14. The van der Waals surface area contributed by atoms with Gasteiger partial charge in [-0.1, -0.05) is 12.1 Å². The molecule has 0 amide bonds. The van der Waals surface area contributed by atoms with Crippen molar-refractivity contribution in [1.29, 1.82) is 0 Å². The summed E-state index contributed by atoms with van der Waals surface area (Å²) in [4.78, 5) is 14.0. The highest BCUT2D eigenvalue weighted by Gasteiger charge is 2.05. The van der Waals surface area contributed by atoms with Gasteiger partial charge < -0.3 is 16.0 Å². The van der Waals surface area contributed by atoms with Crippen LogP contribution >= 0.6 is 0 Å². The average Bonchev–Trinajstić information content (AvgIpc) is 2.38. The molecule has 0 spiro atoms. The predicted octanol–water partition coefficient (Wildman–Crippen LogP) is 1.31. The smallest absolute Gasteiger partial charge is 0.231 e. The van der Waals surface area contributed by atoms with Crippen LogP contribution in [-0.2, 0) is 6.42 Å². The maximum Gasteiger partial charge on any atom is 0.231 e. The number of rotatable bonds is 5. The summed E-state index contributed by atoms with van der Waals surface area (Å²) < 4.78 is 13.0. The standard InChI is InChI=1S/C13H17FN6/c1-20(2)13-18-11(15)17-12(19-13)16-7-6-9-4-3-5-10(14)8-9/h3-5,8H,6-7H2,1-2H3,(H3,15,16,17,18,19). The second-order valence-corrected chi connectivity index (χ2v) is 4.52. The van der Waals surface area contributed by atoms with E-state index in [1.807, 2.05) is 20.2 Å². The molecule has 0 unspecified atom stereocenters. The normalized spacial score (nSPS) is 10.3. The summed E-state index contributed by atoms with van der Waals surface area (Å²) in [6.45, 7) is 0.583. The number of aromatic nitrogens is 3. The highest BCUT2D eigenvalue weighted by Crippen LogP contribution is 2.09. The van der Waals surface area contributed by atoms with Gasteiger partial charge in [-0.15, -0.1) is 0 Å². The lowest BCUT2D eigenvalue weighted by molar-refractivity contribution is 0.625. The monoisotopic (exact) mass is 276 g/mol. The molecular weight excluding hydrogens is 259 g/mol. The van der Waals surface area contributed by atoms with Gasteiger partial charge >= 0.3 is 0 Å². The van der Waals surface area contributed by atoms with E-state index >= 15 is 0 Å². The van der Waals surface area contributed by atoms with E-state index < -0.39 is 0 Å². The summed E-state index contributed by atoms with van der Waals surface area (Å²) in [6.07, 6.45) is 0.667. The molecule has 0 radical (unpaired) electrons. The van der Waals surface area contributed by atoms with E-state index in [-0.39, 0.29) is 11.8 Å². The maximum atomic E-state index is 13.0. The Balaban J connectivity index is 1.97. The molecule has 2 aromatic rings. The van der Waals surface area contributed by atoms with Crippen LogP contribution < -0.4 is 16.0 Å². The lowest BCUT2D eigenvalue weighted by Crippen LogP contribution is -2.17. The highest BCUT2D eigenvalue weighted by molar-refractivity contribution is 5.40. The Bertz CT molecular complexity index is 587. The third kappa shape index (κ3) is 3.78. The van der Waals surface area contributed by atoms with Gasteiger partial charge in [0.1, 0.15) is 5.82 Å².